The summed E-state index contributed by atoms with van der Waals surface area (Å²) >= 11 is 6.01. The van der Waals surface area contributed by atoms with Crippen LogP contribution in [-0.4, -0.2) is 5.11 Å². The van der Waals surface area contributed by atoms with Crippen LogP contribution >= 0.6 is 24.0 Å². The SMILES string of the molecule is OC1CCCCc2sc(S)cc21. The first kappa shape index (κ1) is 8.60. The Balaban J connectivity index is 2.38. The fraction of sp³-hybridized carbons (Fsp3) is 0.556. The summed E-state index contributed by atoms with van der Waals surface area (Å²) in [5, 5.41) is 9.73. The number of fused-ring (bicyclic) bond motifs is 1. The van der Waals surface area contributed by atoms with Gasteiger partial charge in [0, 0.05) is 4.88 Å². The molecule has 0 aromatic carbocycles. The maximum Gasteiger partial charge on any atom is 0.0801 e. The minimum absolute atomic E-state index is 0.236. The van der Waals surface area contributed by atoms with Gasteiger partial charge < -0.3 is 5.11 Å². The number of hydrogen-bond acceptors (Lipinski definition) is 3. The van der Waals surface area contributed by atoms with Crippen molar-refractivity contribution in [1.29, 1.82) is 0 Å². The maximum absolute atomic E-state index is 9.73. The molecule has 0 bridgehead atoms. The van der Waals surface area contributed by atoms with E-state index in [-0.39, 0.29) is 6.10 Å². The summed E-state index contributed by atoms with van der Waals surface area (Å²) in [6.45, 7) is 0. The first-order valence-corrected chi connectivity index (χ1v) is 5.53. The van der Waals surface area contributed by atoms with E-state index >= 15 is 0 Å². The summed E-state index contributed by atoms with van der Waals surface area (Å²) in [6, 6.07) is 2.01. The second kappa shape index (κ2) is 3.40. The topological polar surface area (TPSA) is 20.2 Å². The summed E-state index contributed by atoms with van der Waals surface area (Å²) in [5.74, 6) is 0. The van der Waals surface area contributed by atoms with Crippen molar-refractivity contribution in [1.82, 2.24) is 0 Å². The lowest BCUT2D eigenvalue weighted by atomic mass is 10.1. The van der Waals surface area contributed by atoms with Crippen molar-refractivity contribution in [2.45, 2.75) is 36.0 Å². The normalized spacial score (nSPS) is 23.3. The van der Waals surface area contributed by atoms with Crippen LogP contribution in [0.2, 0.25) is 0 Å². The Labute approximate surface area is 81.8 Å². The number of hydrogen-bond donors (Lipinski definition) is 2. The van der Waals surface area contributed by atoms with E-state index in [0.717, 1.165) is 29.0 Å². The van der Waals surface area contributed by atoms with E-state index in [4.69, 9.17) is 0 Å². The van der Waals surface area contributed by atoms with Crippen LogP contribution in [0.25, 0.3) is 0 Å². The molecule has 0 fully saturated rings. The number of thiol groups is 1. The molecule has 12 heavy (non-hydrogen) atoms. The predicted octanol–water partition coefficient (Wildman–Crippen LogP) is 2.80. The van der Waals surface area contributed by atoms with Gasteiger partial charge in [0.2, 0.25) is 0 Å². The molecular weight excluding hydrogens is 188 g/mol. The van der Waals surface area contributed by atoms with E-state index in [1.165, 1.54) is 11.3 Å². The van der Waals surface area contributed by atoms with Crippen LogP contribution in [0.4, 0.5) is 0 Å². The van der Waals surface area contributed by atoms with Crippen molar-refractivity contribution >= 4 is 24.0 Å². The molecule has 0 spiro atoms. The molecule has 0 saturated heterocycles. The third kappa shape index (κ3) is 1.53. The zero-order valence-corrected chi connectivity index (χ0v) is 8.50. The van der Waals surface area contributed by atoms with Gasteiger partial charge in [-0.15, -0.1) is 24.0 Å². The van der Waals surface area contributed by atoms with Gasteiger partial charge in [0.05, 0.1) is 10.3 Å². The van der Waals surface area contributed by atoms with Crippen LogP contribution in [0.15, 0.2) is 10.3 Å². The number of thiophene rings is 1. The number of aliphatic hydroxyl groups excluding tert-OH is 1. The molecule has 1 aromatic heterocycles. The number of aryl methyl sites for hydroxylation is 1. The first-order valence-electron chi connectivity index (χ1n) is 4.27. The predicted molar refractivity (Wildman–Crippen MR) is 54.1 cm³/mol. The highest BCUT2D eigenvalue weighted by molar-refractivity contribution is 7.82. The molecule has 0 saturated carbocycles. The van der Waals surface area contributed by atoms with Crippen LogP contribution in [-0.2, 0) is 6.42 Å². The van der Waals surface area contributed by atoms with Crippen molar-refractivity contribution < 1.29 is 5.11 Å². The lowest BCUT2D eigenvalue weighted by molar-refractivity contribution is 0.167. The zero-order valence-electron chi connectivity index (χ0n) is 6.79. The Bertz CT molecular complexity index is 280. The molecule has 1 atom stereocenters. The fourth-order valence-electron chi connectivity index (χ4n) is 1.68. The molecule has 1 aromatic rings. The number of aliphatic hydroxyl groups is 1. The molecule has 0 aliphatic heterocycles. The molecule has 3 heteroatoms. The van der Waals surface area contributed by atoms with Gasteiger partial charge in [-0.2, -0.15) is 0 Å². The van der Waals surface area contributed by atoms with E-state index in [1.54, 1.807) is 11.3 Å². The maximum atomic E-state index is 9.73. The van der Waals surface area contributed by atoms with Gasteiger partial charge in [-0.1, -0.05) is 6.42 Å². The number of rotatable bonds is 0. The second-order valence-electron chi connectivity index (χ2n) is 3.22. The molecular formula is C9H12OS2. The largest absolute Gasteiger partial charge is 0.388 e. The lowest BCUT2D eigenvalue weighted by Crippen LogP contribution is -1.94. The van der Waals surface area contributed by atoms with Gasteiger partial charge in [0.15, 0.2) is 0 Å². The first-order chi connectivity index (χ1) is 5.77. The Morgan fingerprint density at radius 2 is 2.33 bits per heavy atom. The van der Waals surface area contributed by atoms with Crippen molar-refractivity contribution in [3.05, 3.63) is 16.5 Å². The van der Waals surface area contributed by atoms with E-state index < -0.39 is 0 Å². The van der Waals surface area contributed by atoms with Crippen molar-refractivity contribution in [2.75, 3.05) is 0 Å². The van der Waals surface area contributed by atoms with E-state index in [9.17, 15) is 5.11 Å². The van der Waals surface area contributed by atoms with Gasteiger partial charge in [-0.25, -0.2) is 0 Å². The van der Waals surface area contributed by atoms with E-state index in [1.807, 2.05) is 6.07 Å². The molecule has 1 unspecified atom stereocenters. The second-order valence-corrected chi connectivity index (χ2v) is 5.15. The van der Waals surface area contributed by atoms with Gasteiger partial charge in [-0.05, 0) is 30.9 Å². The Hall–Kier alpha value is 0.01000. The molecule has 1 nitrogen and oxygen atoms in total. The smallest absolute Gasteiger partial charge is 0.0801 e. The molecule has 1 aliphatic carbocycles. The summed E-state index contributed by atoms with van der Waals surface area (Å²) in [5.41, 5.74) is 1.13. The Morgan fingerprint density at radius 3 is 3.17 bits per heavy atom. The highest BCUT2D eigenvalue weighted by atomic mass is 32.2. The molecule has 1 heterocycles. The Kier molecular flexibility index (Phi) is 2.44. The van der Waals surface area contributed by atoms with Crippen LogP contribution in [0.5, 0.6) is 0 Å². The van der Waals surface area contributed by atoms with Crippen LogP contribution < -0.4 is 0 Å². The zero-order chi connectivity index (χ0) is 8.55. The highest BCUT2D eigenvalue weighted by Gasteiger charge is 2.18. The van der Waals surface area contributed by atoms with Gasteiger partial charge in [0.1, 0.15) is 0 Å². The molecule has 1 aliphatic rings. The van der Waals surface area contributed by atoms with E-state index in [0.29, 0.717) is 0 Å². The summed E-state index contributed by atoms with van der Waals surface area (Å²) in [6.07, 6.45) is 4.15. The van der Waals surface area contributed by atoms with Crippen LogP contribution in [0.3, 0.4) is 0 Å². The molecule has 0 amide bonds. The molecule has 0 radical (unpaired) electrons. The average Bonchev–Trinajstić information content (AvgIpc) is 2.33. The monoisotopic (exact) mass is 200 g/mol. The quantitative estimate of drug-likeness (QED) is 0.487. The highest BCUT2D eigenvalue weighted by Crippen LogP contribution is 2.35. The summed E-state index contributed by atoms with van der Waals surface area (Å²) in [7, 11) is 0. The van der Waals surface area contributed by atoms with Gasteiger partial charge in [-0.3, -0.25) is 0 Å². The average molecular weight is 200 g/mol. The molecule has 66 valence electrons. The van der Waals surface area contributed by atoms with E-state index in [2.05, 4.69) is 12.6 Å². The minimum Gasteiger partial charge on any atom is -0.388 e. The fourth-order valence-corrected chi connectivity index (χ4v) is 3.15. The van der Waals surface area contributed by atoms with Crippen molar-refractivity contribution in [3.8, 4) is 0 Å². The summed E-state index contributed by atoms with van der Waals surface area (Å²) in [4.78, 5) is 1.34. The minimum atomic E-state index is -0.236. The van der Waals surface area contributed by atoms with Crippen molar-refractivity contribution in [2.24, 2.45) is 0 Å². The lowest BCUT2D eigenvalue weighted by Gasteiger charge is -2.05. The summed E-state index contributed by atoms with van der Waals surface area (Å²) < 4.78 is 1.03. The Morgan fingerprint density at radius 1 is 1.50 bits per heavy atom. The third-order valence-corrected chi connectivity index (χ3v) is 3.74. The third-order valence-electron chi connectivity index (χ3n) is 2.32. The van der Waals surface area contributed by atoms with Gasteiger partial charge in [0.25, 0.3) is 0 Å². The van der Waals surface area contributed by atoms with Crippen molar-refractivity contribution in [3.63, 3.8) is 0 Å². The van der Waals surface area contributed by atoms with Gasteiger partial charge >= 0.3 is 0 Å². The van der Waals surface area contributed by atoms with Crippen LogP contribution in [0.1, 0.15) is 35.8 Å². The van der Waals surface area contributed by atoms with Crippen LogP contribution in [0, 0.1) is 0 Å². The standard InChI is InChI=1S/C9H12OS2/c10-7-3-1-2-4-8-6(7)5-9(11)12-8/h5,7,10-11H,1-4H2. The molecule has 1 N–H and O–H groups in total. The molecule has 2 rings (SSSR count).